The minimum Gasteiger partial charge on any atom is -0.346 e. The third-order valence-corrected chi connectivity index (χ3v) is 3.78. The Morgan fingerprint density at radius 1 is 1.00 bits per heavy atom. The predicted molar refractivity (Wildman–Crippen MR) is 89.2 cm³/mol. The third-order valence-electron chi connectivity index (χ3n) is 2.97. The number of hydrogen-bond acceptors (Lipinski definition) is 8. The SMILES string of the molecule is CC(=O)SCC(=O)NCC(=O)NCC(=O)NCC(=O)ON1CCCC1=O. The summed E-state index contributed by atoms with van der Waals surface area (Å²) in [5.41, 5.74) is 0. The van der Waals surface area contributed by atoms with Gasteiger partial charge < -0.3 is 20.8 Å². The molecule has 0 unspecified atom stereocenters. The van der Waals surface area contributed by atoms with Crippen LogP contribution in [-0.4, -0.2) is 71.7 Å². The molecule has 1 aliphatic rings. The van der Waals surface area contributed by atoms with Crippen LogP contribution < -0.4 is 16.0 Å². The van der Waals surface area contributed by atoms with Crippen LogP contribution in [0.25, 0.3) is 0 Å². The molecule has 1 saturated heterocycles. The van der Waals surface area contributed by atoms with Gasteiger partial charge in [0, 0.05) is 13.3 Å². The molecule has 1 heterocycles. The van der Waals surface area contributed by atoms with Crippen LogP contribution in [0, 0.1) is 0 Å². The van der Waals surface area contributed by atoms with Crippen molar-refractivity contribution in [3.05, 3.63) is 0 Å². The van der Waals surface area contributed by atoms with Gasteiger partial charge in [-0.05, 0) is 6.42 Å². The smallest absolute Gasteiger partial charge is 0.346 e. The maximum Gasteiger partial charge on any atom is 0.351 e. The summed E-state index contributed by atoms with van der Waals surface area (Å²) in [6.07, 6.45) is 0.921. The van der Waals surface area contributed by atoms with Crippen LogP contribution in [0.4, 0.5) is 0 Å². The van der Waals surface area contributed by atoms with E-state index in [2.05, 4.69) is 16.0 Å². The molecule has 144 valence electrons. The van der Waals surface area contributed by atoms with E-state index in [0.717, 1.165) is 16.8 Å². The first-order valence-corrected chi connectivity index (χ1v) is 8.71. The topological polar surface area (TPSA) is 151 Å². The number of hydrogen-bond donors (Lipinski definition) is 3. The Labute approximate surface area is 153 Å². The lowest BCUT2D eigenvalue weighted by molar-refractivity contribution is -0.192. The van der Waals surface area contributed by atoms with Gasteiger partial charge in [-0.15, -0.1) is 0 Å². The number of rotatable bonds is 9. The number of thioether (sulfide) groups is 1. The minimum atomic E-state index is -0.796. The first-order valence-electron chi connectivity index (χ1n) is 7.72. The maximum atomic E-state index is 11.5. The van der Waals surface area contributed by atoms with Gasteiger partial charge in [-0.25, -0.2) is 4.79 Å². The van der Waals surface area contributed by atoms with Gasteiger partial charge >= 0.3 is 5.97 Å². The van der Waals surface area contributed by atoms with Gasteiger partial charge in [0.2, 0.25) is 17.7 Å². The molecule has 3 N–H and O–H groups in total. The summed E-state index contributed by atoms with van der Waals surface area (Å²) >= 11 is 0.815. The standard InChI is InChI=1S/C14H20N4O7S/c1-9(19)26-8-12(22)16-6-10(20)15-5-11(21)17-7-14(24)25-18-4-2-3-13(18)23/h2-8H2,1H3,(H,15,20)(H,16,22)(H,17,21). The van der Waals surface area contributed by atoms with Crippen LogP contribution in [0.15, 0.2) is 0 Å². The van der Waals surface area contributed by atoms with Gasteiger partial charge in [-0.3, -0.25) is 24.0 Å². The van der Waals surface area contributed by atoms with E-state index >= 15 is 0 Å². The second-order valence-corrected chi connectivity index (χ2v) is 6.33. The van der Waals surface area contributed by atoms with E-state index in [1.54, 1.807) is 0 Å². The molecule has 0 spiro atoms. The molecular formula is C14H20N4O7S. The van der Waals surface area contributed by atoms with E-state index in [9.17, 15) is 28.8 Å². The molecule has 1 fully saturated rings. The zero-order chi connectivity index (χ0) is 19.5. The summed E-state index contributed by atoms with van der Waals surface area (Å²) in [6, 6.07) is 0. The molecular weight excluding hydrogens is 368 g/mol. The first kappa shape index (κ1) is 21.4. The van der Waals surface area contributed by atoms with Crippen molar-refractivity contribution in [3.8, 4) is 0 Å². The van der Waals surface area contributed by atoms with Crippen molar-refractivity contribution in [2.24, 2.45) is 0 Å². The van der Waals surface area contributed by atoms with E-state index < -0.39 is 36.8 Å². The fraction of sp³-hybridized carbons (Fsp3) is 0.571. The average molecular weight is 388 g/mol. The molecule has 0 atom stereocenters. The molecule has 4 amide bonds. The number of hydroxylamine groups is 2. The predicted octanol–water partition coefficient (Wildman–Crippen LogP) is -2.30. The highest BCUT2D eigenvalue weighted by molar-refractivity contribution is 8.14. The summed E-state index contributed by atoms with van der Waals surface area (Å²) in [4.78, 5) is 72.5. The van der Waals surface area contributed by atoms with E-state index in [4.69, 9.17) is 4.84 Å². The Kier molecular flexibility index (Phi) is 9.12. The van der Waals surface area contributed by atoms with E-state index in [1.807, 2.05) is 0 Å². The molecule has 1 aliphatic heterocycles. The van der Waals surface area contributed by atoms with E-state index in [1.165, 1.54) is 6.92 Å². The second-order valence-electron chi connectivity index (χ2n) is 5.17. The number of nitrogens with one attached hydrogen (secondary N) is 3. The maximum absolute atomic E-state index is 11.5. The Morgan fingerprint density at radius 3 is 2.12 bits per heavy atom. The summed E-state index contributed by atoms with van der Waals surface area (Å²) in [7, 11) is 0. The van der Waals surface area contributed by atoms with Crippen molar-refractivity contribution in [2.45, 2.75) is 19.8 Å². The largest absolute Gasteiger partial charge is 0.351 e. The first-order chi connectivity index (χ1) is 12.3. The molecule has 0 radical (unpaired) electrons. The van der Waals surface area contributed by atoms with Crippen molar-refractivity contribution < 1.29 is 33.6 Å². The highest BCUT2D eigenvalue weighted by atomic mass is 32.2. The lowest BCUT2D eigenvalue weighted by Crippen LogP contribution is -2.44. The van der Waals surface area contributed by atoms with Crippen LogP contribution in [0.3, 0.4) is 0 Å². The third kappa shape index (κ3) is 9.01. The summed E-state index contributed by atoms with van der Waals surface area (Å²) in [5.74, 6) is -2.90. The summed E-state index contributed by atoms with van der Waals surface area (Å²) in [6.45, 7) is 0.460. The molecule has 1 rings (SSSR count). The molecule has 26 heavy (non-hydrogen) atoms. The average Bonchev–Trinajstić information content (AvgIpc) is 2.99. The second kappa shape index (κ2) is 11.1. The van der Waals surface area contributed by atoms with Gasteiger partial charge in [0.25, 0.3) is 5.91 Å². The van der Waals surface area contributed by atoms with Crippen molar-refractivity contribution in [3.63, 3.8) is 0 Å². The van der Waals surface area contributed by atoms with Gasteiger partial charge in [0.1, 0.15) is 6.54 Å². The molecule has 12 heteroatoms. The number of carbonyl (C=O) groups is 6. The van der Waals surface area contributed by atoms with E-state index in [0.29, 0.717) is 19.4 Å². The zero-order valence-electron chi connectivity index (χ0n) is 14.2. The zero-order valence-corrected chi connectivity index (χ0v) is 15.0. The molecule has 0 saturated carbocycles. The van der Waals surface area contributed by atoms with Crippen LogP contribution in [0.5, 0.6) is 0 Å². The van der Waals surface area contributed by atoms with Crippen LogP contribution in [0.2, 0.25) is 0 Å². The lowest BCUT2D eigenvalue weighted by atomic mass is 10.4. The van der Waals surface area contributed by atoms with Gasteiger partial charge in [0.15, 0.2) is 5.12 Å². The fourth-order valence-corrected chi connectivity index (χ4v) is 2.18. The monoisotopic (exact) mass is 388 g/mol. The van der Waals surface area contributed by atoms with Gasteiger partial charge in [-0.1, -0.05) is 11.8 Å². The molecule has 11 nitrogen and oxygen atoms in total. The number of nitrogens with zero attached hydrogens (tertiary/aromatic N) is 1. The molecule has 0 aromatic heterocycles. The van der Waals surface area contributed by atoms with E-state index in [-0.39, 0.29) is 23.3 Å². The number of amides is 4. The molecule has 0 aromatic carbocycles. The van der Waals surface area contributed by atoms with Crippen LogP contribution in [-0.2, 0) is 33.6 Å². The Morgan fingerprint density at radius 2 is 1.58 bits per heavy atom. The molecule has 0 bridgehead atoms. The summed E-state index contributed by atoms with van der Waals surface area (Å²) in [5, 5.41) is 7.50. The number of carbonyl (C=O) groups excluding carboxylic acids is 6. The lowest BCUT2D eigenvalue weighted by Gasteiger charge is -2.14. The minimum absolute atomic E-state index is 0.0925. The van der Waals surface area contributed by atoms with Crippen molar-refractivity contribution >= 4 is 46.5 Å². The van der Waals surface area contributed by atoms with Gasteiger partial charge in [0.05, 0.1) is 25.4 Å². The van der Waals surface area contributed by atoms with Crippen molar-refractivity contribution in [2.75, 3.05) is 31.9 Å². The normalized spacial score (nSPS) is 13.1. The van der Waals surface area contributed by atoms with Crippen LogP contribution >= 0.6 is 11.8 Å². The highest BCUT2D eigenvalue weighted by Crippen LogP contribution is 2.09. The Hall–Kier alpha value is -2.63. The van der Waals surface area contributed by atoms with Crippen molar-refractivity contribution in [1.82, 2.24) is 21.0 Å². The highest BCUT2D eigenvalue weighted by Gasteiger charge is 2.24. The van der Waals surface area contributed by atoms with Crippen LogP contribution in [0.1, 0.15) is 19.8 Å². The Balaban J connectivity index is 2.12. The summed E-state index contributed by atoms with van der Waals surface area (Å²) < 4.78 is 0. The molecule has 0 aliphatic carbocycles. The fourth-order valence-electron chi connectivity index (χ4n) is 1.75. The Bertz CT molecular complexity index is 596. The molecule has 0 aromatic rings. The van der Waals surface area contributed by atoms with Gasteiger partial charge in [-0.2, -0.15) is 5.06 Å². The quantitative estimate of drug-likeness (QED) is 0.399. The van der Waals surface area contributed by atoms with Crippen molar-refractivity contribution in [1.29, 1.82) is 0 Å².